The van der Waals surface area contributed by atoms with Crippen LogP contribution in [0.15, 0.2) is 10.4 Å². The van der Waals surface area contributed by atoms with Gasteiger partial charge >= 0.3 is 0 Å². The lowest BCUT2D eigenvalue weighted by molar-refractivity contribution is 0.0263. The van der Waals surface area contributed by atoms with E-state index in [-0.39, 0.29) is 0 Å². The summed E-state index contributed by atoms with van der Waals surface area (Å²) in [5.74, 6) is 0.969. The minimum atomic E-state index is 0.412. The molecule has 0 aromatic carbocycles. The highest BCUT2D eigenvalue weighted by molar-refractivity contribution is 7.09. The van der Waals surface area contributed by atoms with E-state index in [4.69, 9.17) is 4.74 Å². The second-order valence-electron chi connectivity index (χ2n) is 5.13. The molecule has 0 aliphatic carbocycles. The van der Waals surface area contributed by atoms with Crippen molar-refractivity contribution in [3.8, 4) is 0 Å². The maximum absolute atomic E-state index is 5.69. The number of aliphatic imine (C=N–C) groups is 1. The van der Waals surface area contributed by atoms with Gasteiger partial charge in [-0.2, -0.15) is 0 Å². The Morgan fingerprint density at radius 1 is 1.48 bits per heavy atom. The molecule has 0 bridgehead atoms. The summed E-state index contributed by atoms with van der Waals surface area (Å²) in [6.07, 6.45) is 3.57. The molecule has 118 valence electrons. The van der Waals surface area contributed by atoms with Crippen LogP contribution < -0.4 is 5.32 Å². The second-order valence-corrected chi connectivity index (χ2v) is 6.07. The fourth-order valence-electron chi connectivity index (χ4n) is 2.56. The predicted octanol–water partition coefficient (Wildman–Crippen LogP) is 2.28. The molecule has 2 rings (SSSR count). The Bertz CT molecular complexity index is 452. The summed E-state index contributed by atoms with van der Waals surface area (Å²) in [6.45, 7) is 7.75. The van der Waals surface area contributed by atoms with Crippen molar-refractivity contribution in [1.82, 2.24) is 15.2 Å². The van der Waals surface area contributed by atoms with Crippen molar-refractivity contribution < 1.29 is 4.74 Å². The van der Waals surface area contributed by atoms with Gasteiger partial charge in [0.05, 0.1) is 23.4 Å². The lowest BCUT2D eigenvalue weighted by atomic mass is 10.1. The highest BCUT2D eigenvalue weighted by Gasteiger charge is 2.21. The summed E-state index contributed by atoms with van der Waals surface area (Å²) in [6, 6.07) is 0. The first-order chi connectivity index (χ1) is 10.3. The van der Waals surface area contributed by atoms with E-state index in [0.717, 1.165) is 57.2 Å². The third kappa shape index (κ3) is 4.68. The Labute approximate surface area is 131 Å². The number of guanidine groups is 1. The first-order valence-corrected chi connectivity index (χ1v) is 8.65. The van der Waals surface area contributed by atoms with Crippen LogP contribution in [0.3, 0.4) is 0 Å². The number of ether oxygens (including phenoxy) is 1. The van der Waals surface area contributed by atoms with Crippen molar-refractivity contribution in [2.24, 2.45) is 4.99 Å². The topological polar surface area (TPSA) is 49.8 Å². The van der Waals surface area contributed by atoms with Gasteiger partial charge in [-0.3, -0.25) is 4.99 Å². The zero-order chi connectivity index (χ0) is 15.1. The van der Waals surface area contributed by atoms with Crippen LogP contribution in [0.2, 0.25) is 0 Å². The molecule has 5 nitrogen and oxygen atoms in total. The summed E-state index contributed by atoms with van der Waals surface area (Å²) < 4.78 is 5.69. The molecule has 0 unspecified atom stereocenters. The average Bonchev–Trinajstić information content (AvgIpc) is 2.98. The standard InChI is InChI=1S/C15H26N4OS/c1-4-14-18-12(11-21-14)10-17-15(16-3)19-8-6-13(7-9-19)20-5-2/h11,13H,4-10H2,1-3H3,(H,16,17). The third-order valence-electron chi connectivity index (χ3n) is 3.69. The quantitative estimate of drug-likeness (QED) is 0.669. The Morgan fingerprint density at radius 3 is 2.81 bits per heavy atom. The second kappa shape index (κ2) is 8.34. The minimum absolute atomic E-state index is 0.412. The lowest BCUT2D eigenvalue weighted by Gasteiger charge is -2.33. The number of nitrogens with zero attached hydrogens (tertiary/aromatic N) is 3. The molecule has 1 aromatic rings. The molecule has 1 saturated heterocycles. The number of thiazole rings is 1. The van der Waals surface area contributed by atoms with Crippen molar-refractivity contribution in [3.05, 3.63) is 16.1 Å². The van der Waals surface area contributed by atoms with Crippen LogP contribution in [0.4, 0.5) is 0 Å². The maximum atomic E-state index is 5.69. The van der Waals surface area contributed by atoms with Gasteiger partial charge < -0.3 is 15.0 Å². The zero-order valence-electron chi connectivity index (χ0n) is 13.3. The minimum Gasteiger partial charge on any atom is -0.378 e. The normalized spacial score (nSPS) is 17.3. The molecule has 1 aromatic heterocycles. The van der Waals surface area contributed by atoms with Crippen molar-refractivity contribution in [2.45, 2.75) is 45.8 Å². The number of aromatic nitrogens is 1. The zero-order valence-corrected chi connectivity index (χ0v) is 14.1. The molecule has 6 heteroatoms. The number of piperidine rings is 1. The van der Waals surface area contributed by atoms with Gasteiger partial charge in [-0.05, 0) is 26.2 Å². The molecule has 1 aliphatic rings. The van der Waals surface area contributed by atoms with Gasteiger partial charge in [0.15, 0.2) is 5.96 Å². The van der Waals surface area contributed by atoms with E-state index in [1.165, 1.54) is 5.01 Å². The molecule has 0 atom stereocenters. The van der Waals surface area contributed by atoms with Crippen LogP contribution in [0.1, 0.15) is 37.4 Å². The fourth-order valence-corrected chi connectivity index (χ4v) is 3.31. The SMILES string of the molecule is CCOC1CCN(C(=NC)NCc2csc(CC)n2)CC1. The molecule has 2 heterocycles. The van der Waals surface area contributed by atoms with Crippen molar-refractivity contribution in [2.75, 3.05) is 26.7 Å². The number of nitrogens with one attached hydrogen (secondary N) is 1. The van der Waals surface area contributed by atoms with Crippen molar-refractivity contribution in [1.29, 1.82) is 0 Å². The number of hydrogen-bond donors (Lipinski definition) is 1. The Kier molecular flexibility index (Phi) is 6.45. The van der Waals surface area contributed by atoms with Gasteiger partial charge in [0.1, 0.15) is 0 Å². The first-order valence-electron chi connectivity index (χ1n) is 7.77. The summed E-state index contributed by atoms with van der Waals surface area (Å²) in [4.78, 5) is 11.3. The molecule has 1 N–H and O–H groups in total. The largest absolute Gasteiger partial charge is 0.378 e. The van der Waals surface area contributed by atoms with Gasteiger partial charge in [-0.1, -0.05) is 6.92 Å². The van der Waals surface area contributed by atoms with Crippen LogP contribution in [0, 0.1) is 0 Å². The highest BCUT2D eigenvalue weighted by Crippen LogP contribution is 2.14. The monoisotopic (exact) mass is 310 g/mol. The van der Waals surface area contributed by atoms with Crippen LogP contribution in [0.25, 0.3) is 0 Å². The van der Waals surface area contributed by atoms with Crippen LogP contribution in [-0.4, -0.2) is 48.7 Å². The molecular weight excluding hydrogens is 284 g/mol. The first kappa shape index (κ1) is 16.2. The molecule has 1 fully saturated rings. The summed E-state index contributed by atoms with van der Waals surface area (Å²) in [5, 5.41) is 6.74. The highest BCUT2D eigenvalue weighted by atomic mass is 32.1. The van der Waals surface area contributed by atoms with E-state index in [1.54, 1.807) is 11.3 Å². The molecule has 1 aliphatic heterocycles. The Hall–Kier alpha value is -1.14. The summed E-state index contributed by atoms with van der Waals surface area (Å²) >= 11 is 1.73. The Morgan fingerprint density at radius 2 is 2.24 bits per heavy atom. The molecule has 0 radical (unpaired) electrons. The van der Waals surface area contributed by atoms with Gasteiger partial charge in [-0.15, -0.1) is 11.3 Å². The Balaban J connectivity index is 1.81. The van der Waals surface area contributed by atoms with Gasteiger partial charge in [0, 0.05) is 32.1 Å². The lowest BCUT2D eigenvalue weighted by Crippen LogP contribution is -2.46. The van der Waals surface area contributed by atoms with Crippen LogP contribution >= 0.6 is 11.3 Å². The number of likely N-dealkylation sites (tertiary alicyclic amines) is 1. The van der Waals surface area contributed by atoms with E-state index in [2.05, 4.69) is 39.4 Å². The third-order valence-corrected chi connectivity index (χ3v) is 4.73. The van der Waals surface area contributed by atoms with Gasteiger partial charge in [0.25, 0.3) is 0 Å². The van der Waals surface area contributed by atoms with Crippen LogP contribution in [-0.2, 0) is 17.7 Å². The van der Waals surface area contributed by atoms with Crippen LogP contribution in [0.5, 0.6) is 0 Å². The molecular formula is C15H26N4OS. The average molecular weight is 310 g/mol. The number of rotatable bonds is 5. The molecule has 0 amide bonds. The maximum Gasteiger partial charge on any atom is 0.193 e. The van der Waals surface area contributed by atoms with Crippen molar-refractivity contribution in [3.63, 3.8) is 0 Å². The summed E-state index contributed by atoms with van der Waals surface area (Å²) in [7, 11) is 1.84. The van der Waals surface area contributed by atoms with Gasteiger partial charge in [0.2, 0.25) is 0 Å². The van der Waals surface area contributed by atoms with E-state index in [0.29, 0.717) is 6.10 Å². The number of aryl methyl sites for hydroxylation is 1. The predicted molar refractivity (Wildman–Crippen MR) is 87.9 cm³/mol. The van der Waals surface area contributed by atoms with Crippen molar-refractivity contribution >= 4 is 17.3 Å². The fraction of sp³-hybridized carbons (Fsp3) is 0.733. The van der Waals surface area contributed by atoms with E-state index in [9.17, 15) is 0 Å². The van der Waals surface area contributed by atoms with E-state index < -0.39 is 0 Å². The summed E-state index contributed by atoms with van der Waals surface area (Å²) in [5.41, 5.74) is 1.10. The molecule has 21 heavy (non-hydrogen) atoms. The van der Waals surface area contributed by atoms with E-state index >= 15 is 0 Å². The van der Waals surface area contributed by atoms with E-state index in [1.807, 2.05) is 7.05 Å². The molecule has 0 spiro atoms. The smallest absolute Gasteiger partial charge is 0.193 e. The molecule has 0 saturated carbocycles. The number of hydrogen-bond acceptors (Lipinski definition) is 4. The van der Waals surface area contributed by atoms with Gasteiger partial charge in [-0.25, -0.2) is 4.98 Å².